The Labute approximate surface area is 123 Å². The van der Waals surface area contributed by atoms with Gasteiger partial charge in [0.1, 0.15) is 11.5 Å². The Morgan fingerprint density at radius 2 is 2.00 bits per heavy atom. The van der Waals surface area contributed by atoms with Crippen LogP contribution in [0.4, 0.5) is 0 Å². The number of benzene rings is 1. The molecule has 0 saturated carbocycles. The summed E-state index contributed by atoms with van der Waals surface area (Å²) < 4.78 is 5.70. The number of halogens is 2. The minimum Gasteiger partial charge on any atom is -0.465 e. The van der Waals surface area contributed by atoms with Crippen molar-refractivity contribution in [1.82, 2.24) is 5.32 Å². The van der Waals surface area contributed by atoms with Crippen LogP contribution in [0, 0.1) is 6.92 Å². The molecule has 2 aromatic rings. The summed E-state index contributed by atoms with van der Waals surface area (Å²) in [6.07, 6.45) is 0.750. The minimum absolute atomic E-state index is 0.106. The smallest absolute Gasteiger partial charge is 0.121 e. The van der Waals surface area contributed by atoms with Crippen molar-refractivity contribution in [2.45, 2.75) is 26.3 Å². The van der Waals surface area contributed by atoms with Crippen molar-refractivity contribution in [1.29, 1.82) is 0 Å². The standard InChI is InChI=1S/C15H17Cl2NO/c1-3-18-13(14-8-7-10(2)19-14)9-11-5-4-6-12(16)15(11)17/h4-8,13,18H,3,9H2,1-2H3. The second-order valence-corrected chi connectivity index (χ2v) is 5.26. The van der Waals surface area contributed by atoms with Gasteiger partial charge in [-0.15, -0.1) is 0 Å². The maximum absolute atomic E-state index is 6.24. The van der Waals surface area contributed by atoms with Crippen LogP contribution in [-0.2, 0) is 6.42 Å². The van der Waals surface area contributed by atoms with Crippen molar-refractivity contribution >= 4 is 23.2 Å². The van der Waals surface area contributed by atoms with Crippen LogP contribution in [0.1, 0.15) is 30.0 Å². The van der Waals surface area contributed by atoms with E-state index in [2.05, 4.69) is 12.2 Å². The second kappa shape index (κ2) is 6.47. The fourth-order valence-corrected chi connectivity index (χ4v) is 2.48. The van der Waals surface area contributed by atoms with Gasteiger partial charge in [-0.1, -0.05) is 42.3 Å². The van der Waals surface area contributed by atoms with Crippen molar-refractivity contribution in [3.63, 3.8) is 0 Å². The van der Waals surface area contributed by atoms with E-state index in [1.54, 1.807) is 6.07 Å². The van der Waals surface area contributed by atoms with Crippen molar-refractivity contribution in [2.75, 3.05) is 6.54 Å². The Kier molecular flexibility index (Phi) is 4.92. The molecule has 1 heterocycles. The number of hydrogen-bond donors (Lipinski definition) is 1. The molecule has 2 nitrogen and oxygen atoms in total. The predicted octanol–water partition coefficient (Wildman–Crippen LogP) is 4.79. The molecule has 0 saturated heterocycles. The zero-order valence-corrected chi connectivity index (χ0v) is 12.6. The minimum atomic E-state index is 0.106. The molecule has 19 heavy (non-hydrogen) atoms. The van der Waals surface area contributed by atoms with Crippen LogP contribution in [0.3, 0.4) is 0 Å². The lowest BCUT2D eigenvalue weighted by Crippen LogP contribution is -2.22. The first-order valence-electron chi connectivity index (χ1n) is 6.34. The first-order chi connectivity index (χ1) is 9.11. The number of furan rings is 1. The molecule has 0 amide bonds. The Hall–Kier alpha value is -0.960. The summed E-state index contributed by atoms with van der Waals surface area (Å²) in [6.45, 7) is 4.88. The molecule has 0 bridgehead atoms. The first kappa shape index (κ1) is 14.4. The van der Waals surface area contributed by atoms with E-state index >= 15 is 0 Å². The Bertz CT molecular complexity index is 551. The van der Waals surface area contributed by atoms with E-state index < -0.39 is 0 Å². The summed E-state index contributed by atoms with van der Waals surface area (Å²) in [5.41, 5.74) is 1.02. The largest absolute Gasteiger partial charge is 0.465 e. The normalized spacial score (nSPS) is 12.6. The summed E-state index contributed by atoms with van der Waals surface area (Å²) in [7, 11) is 0. The van der Waals surface area contributed by atoms with E-state index in [0.717, 1.165) is 30.0 Å². The van der Waals surface area contributed by atoms with Gasteiger partial charge in [-0.2, -0.15) is 0 Å². The number of hydrogen-bond acceptors (Lipinski definition) is 2. The Morgan fingerprint density at radius 3 is 2.63 bits per heavy atom. The van der Waals surface area contributed by atoms with Gasteiger partial charge < -0.3 is 9.73 Å². The van der Waals surface area contributed by atoms with Crippen LogP contribution < -0.4 is 5.32 Å². The third-order valence-corrected chi connectivity index (χ3v) is 3.87. The lowest BCUT2D eigenvalue weighted by Gasteiger charge is -2.16. The molecule has 0 aliphatic heterocycles. The molecule has 102 valence electrons. The lowest BCUT2D eigenvalue weighted by atomic mass is 10.0. The fraction of sp³-hybridized carbons (Fsp3) is 0.333. The van der Waals surface area contributed by atoms with Gasteiger partial charge in [0.25, 0.3) is 0 Å². The number of aryl methyl sites for hydroxylation is 1. The van der Waals surface area contributed by atoms with E-state index in [1.165, 1.54) is 0 Å². The molecule has 0 spiro atoms. The maximum atomic E-state index is 6.24. The van der Waals surface area contributed by atoms with Crippen LogP contribution in [0.25, 0.3) is 0 Å². The molecule has 0 aliphatic carbocycles. The van der Waals surface area contributed by atoms with Crippen LogP contribution in [-0.4, -0.2) is 6.54 Å². The van der Waals surface area contributed by atoms with Crippen molar-refractivity contribution in [2.24, 2.45) is 0 Å². The third-order valence-electron chi connectivity index (χ3n) is 3.01. The van der Waals surface area contributed by atoms with Crippen LogP contribution >= 0.6 is 23.2 Å². The SMILES string of the molecule is CCNC(Cc1cccc(Cl)c1Cl)c1ccc(C)o1. The van der Waals surface area contributed by atoms with Gasteiger partial charge in [-0.25, -0.2) is 0 Å². The zero-order valence-electron chi connectivity index (χ0n) is 11.0. The van der Waals surface area contributed by atoms with Gasteiger partial charge in [0, 0.05) is 0 Å². The molecule has 1 unspecified atom stereocenters. The zero-order chi connectivity index (χ0) is 13.8. The highest BCUT2D eigenvalue weighted by Gasteiger charge is 2.17. The second-order valence-electron chi connectivity index (χ2n) is 4.48. The van der Waals surface area contributed by atoms with E-state index in [0.29, 0.717) is 10.0 Å². The maximum Gasteiger partial charge on any atom is 0.121 e. The number of rotatable bonds is 5. The topological polar surface area (TPSA) is 25.2 Å². The number of nitrogens with one attached hydrogen (secondary N) is 1. The quantitative estimate of drug-likeness (QED) is 0.858. The average Bonchev–Trinajstić information content (AvgIpc) is 2.81. The summed E-state index contributed by atoms with van der Waals surface area (Å²) in [5, 5.41) is 4.62. The molecule has 1 aromatic carbocycles. The van der Waals surface area contributed by atoms with E-state index in [1.807, 2.05) is 31.2 Å². The van der Waals surface area contributed by atoms with Gasteiger partial charge in [-0.05, 0) is 43.7 Å². The van der Waals surface area contributed by atoms with Gasteiger partial charge in [0.15, 0.2) is 0 Å². The molecular formula is C15H17Cl2NO. The van der Waals surface area contributed by atoms with Crippen molar-refractivity contribution in [3.8, 4) is 0 Å². The highest BCUT2D eigenvalue weighted by molar-refractivity contribution is 6.42. The van der Waals surface area contributed by atoms with Gasteiger partial charge >= 0.3 is 0 Å². The molecule has 1 atom stereocenters. The van der Waals surface area contributed by atoms with Crippen molar-refractivity contribution in [3.05, 3.63) is 57.5 Å². The van der Waals surface area contributed by atoms with Crippen molar-refractivity contribution < 1.29 is 4.42 Å². The highest BCUT2D eigenvalue weighted by Crippen LogP contribution is 2.29. The summed E-state index contributed by atoms with van der Waals surface area (Å²) in [6, 6.07) is 9.79. The fourth-order valence-electron chi connectivity index (χ4n) is 2.09. The lowest BCUT2D eigenvalue weighted by molar-refractivity contribution is 0.403. The monoisotopic (exact) mass is 297 g/mol. The summed E-state index contributed by atoms with van der Waals surface area (Å²) >= 11 is 12.3. The Morgan fingerprint density at radius 1 is 1.21 bits per heavy atom. The van der Waals surface area contributed by atoms with Crippen LogP contribution in [0.2, 0.25) is 10.0 Å². The summed E-state index contributed by atoms with van der Waals surface area (Å²) in [5.74, 6) is 1.84. The molecule has 1 aromatic heterocycles. The van der Waals surface area contributed by atoms with E-state index in [4.69, 9.17) is 27.6 Å². The summed E-state index contributed by atoms with van der Waals surface area (Å²) in [4.78, 5) is 0. The third kappa shape index (κ3) is 3.53. The van der Waals surface area contributed by atoms with E-state index in [-0.39, 0.29) is 6.04 Å². The molecule has 1 N–H and O–H groups in total. The molecule has 0 radical (unpaired) electrons. The van der Waals surface area contributed by atoms with Gasteiger partial charge in [-0.3, -0.25) is 0 Å². The Balaban J connectivity index is 2.23. The molecule has 4 heteroatoms. The molecular weight excluding hydrogens is 281 g/mol. The number of likely N-dealkylation sites (N-methyl/N-ethyl adjacent to an activating group) is 1. The molecule has 2 rings (SSSR count). The van der Waals surface area contributed by atoms with Crippen LogP contribution in [0.15, 0.2) is 34.7 Å². The van der Waals surface area contributed by atoms with Gasteiger partial charge in [0.05, 0.1) is 16.1 Å². The average molecular weight is 298 g/mol. The van der Waals surface area contributed by atoms with Gasteiger partial charge in [0.2, 0.25) is 0 Å². The first-order valence-corrected chi connectivity index (χ1v) is 7.10. The predicted molar refractivity (Wildman–Crippen MR) is 80.0 cm³/mol. The van der Waals surface area contributed by atoms with Crippen LogP contribution in [0.5, 0.6) is 0 Å². The highest BCUT2D eigenvalue weighted by atomic mass is 35.5. The molecule has 0 aliphatic rings. The van der Waals surface area contributed by atoms with E-state index in [9.17, 15) is 0 Å². The molecule has 0 fully saturated rings.